The molecule has 3 rings (SSSR count). The summed E-state index contributed by atoms with van der Waals surface area (Å²) in [5, 5.41) is 2.66. The Kier molecular flexibility index (Phi) is 6.77. The van der Waals surface area contributed by atoms with Gasteiger partial charge in [-0.15, -0.1) is 11.3 Å². The molecule has 0 saturated carbocycles. The van der Waals surface area contributed by atoms with E-state index < -0.39 is 5.91 Å². The molecule has 3 aromatic rings. The second-order valence-corrected chi connectivity index (χ2v) is 8.18. The summed E-state index contributed by atoms with van der Waals surface area (Å²) < 4.78 is 6.92. The number of ether oxygens (including phenoxy) is 1. The molecule has 1 amide bonds. The monoisotopic (exact) mass is 430 g/mol. The molecule has 0 saturated heterocycles. The molecule has 5 nitrogen and oxygen atoms in total. The third kappa shape index (κ3) is 4.71. The first kappa shape index (κ1) is 21.1. The Morgan fingerprint density at radius 1 is 1.17 bits per heavy atom. The van der Waals surface area contributed by atoms with Gasteiger partial charge in [0.15, 0.2) is 0 Å². The Labute approximate surface area is 179 Å². The molecule has 0 radical (unpaired) electrons. The molecule has 0 spiro atoms. The number of thiophene rings is 1. The summed E-state index contributed by atoms with van der Waals surface area (Å²) in [6.45, 7) is 2.59. The first-order chi connectivity index (χ1) is 13.9. The fraction of sp³-hybridized carbons (Fsp3) is 0.273. The van der Waals surface area contributed by atoms with E-state index >= 15 is 0 Å². The molecule has 2 N–H and O–H groups in total. The molecular weight excluding hydrogens is 408 g/mol. The zero-order valence-electron chi connectivity index (χ0n) is 16.4. The van der Waals surface area contributed by atoms with Gasteiger partial charge in [0.2, 0.25) is 0 Å². The number of carbonyl (C=O) groups is 2. The number of hydrogen-bond donors (Lipinski definition) is 1. The van der Waals surface area contributed by atoms with Crippen LogP contribution in [0.5, 0.6) is 0 Å². The Balaban J connectivity index is 2.11. The zero-order valence-corrected chi connectivity index (χ0v) is 18.0. The summed E-state index contributed by atoms with van der Waals surface area (Å²) in [4.78, 5) is 25.4. The van der Waals surface area contributed by atoms with Gasteiger partial charge < -0.3 is 15.0 Å². The lowest BCUT2D eigenvalue weighted by Gasteiger charge is -2.13. The van der Waals surface area contributed by atoms with Gasteiger partial charge in [-0.05, 0) is 48.9 Å². The molecule has 0 fully saturated rings. The minimum atomic E-state index is -0.485. The van der Waals surface area contributed by atoms with Crippen molar-refractivity contribution in [1.82, 2.24) is 4.57 Å². The number of nitrogens with zero attached hydrogens (tertiary/aromatic N) is 1. The number of methoxy groups -OCH3 is 1. The average Bonchev–Trinajstić information content (AvgIpc) is 3.31. The van der Waals surface area contributed by atoms with Crippen molar-refractivity contribution in [3.63, 3.8) is 0 Å². The maximum atomic E-state index is 12.4. The maximum absolute atomic E-state index is 12.4. The number of aryl methyl sites for hydroxylation is 1. The van der Waals surface area contributed by atoms with E-state index in [4.69, 9.17) is 22.1 Å². The number of amides is 1. The Bertz CT molecular complexity index is 1010. The lowest BCUT2D eigenvalue weighted by atomic mass is 9.98. The molecule has 2 aromatic heterocycles. The van der Waals surface area contributed by atoms with Crippen molar-refractivity contribution >= 4 is 34.8 Å². The number of primary amides is 1. The number of nitrogens with two attached hydrogens (primary N) is 1. The topological polar surface area (TPSA) is 74.3 Å². The molecule has 0 aliphatic rings. The molecule has 1 aromatic carbocycles. The van der Waals surface area contributed by atoms with Crippen molar-refractivity contribution in [2.45, 2.75) is 32.7 Å². The first-order valence-electron chi connectivity index (χ1n) is 9.29. The molecule has 0 atom stereocenters. The van der Waals surface area contributed by atoms with Crippen molar-refractivity contribution in [1.29, 1.82) is 0 Å². The van der Waals surface area contributed by atoms with E-state index in [0.717, 1.165) is 28.9 Å². The van der Waals surface area contributed by atoms with E-state index in [1.807, 2.05) is 30.5 Å². The number of carbonyl (C=O) groups excluding carboxylic acids is 2. The van der Waals surface area contributed by atoms with E-state index in [0.29, 0.717) is 23.6 Å². The minimum absolute atomic E-state index is 0.220. The summed E-state index contributed by atoms with van der Waals surface area (Å²) in [7, 11) is 1.37. The number of aromatic nitrogens is 1. The highest BCUT2D eigenvalue weighted by Gasteiger charge is 2.25. The van der Waals surface area contributed by atoms with Gasteiger partial charge in [0, 0.05) is 33.4 Å². The van der Waals surface area contributed by atoms with E-state index in [-0.39, 0.29) is 12.4 Å². The van der Waals surface area contributed by atoms with Gasteiger partial charge in [0.25, 0.3) is 5.91 Å². The third-order valence-electron chi connectivity index (χ3n) is 4.97. The van der Waals surface area contributed by atoms with Crippen LogP contribution >= 0.6 is 22.9 Å². The van der Waals surface area contributed by atoms with Crippen LogP contribution in [0.3, 0.4) is 0 Å². The fourth-order valence-corrected chi connectivity index (χ4v) is 4.41. The Morgan fingerprint density at radius 3 is 2.48 bits per heavy atom. The molecule has 29 heavy (non-hydrogen) atoms. The van der Waals surface area contributed by atoms with Crippen LogP contribution in [0.15, 0.2) is 41.8 Å². The molecule has 0 unspecified atom stereocenters. The van der Waals surface area contributed by atoms with Crippen molar-refractivity contribution < 1.29 is 14.3 Å². The van der Waals surface area contributed by atoms with Gasteiger partial charge in [-0.2, -0.15) is 0 Å². The number of benzene rings is 1. The van der Waals surface area contributed by atoms with Gasteiger partial charge in [0.1, 0.15) is 0 Å². The molecule has 2 heterocycles. The van der Waals surface area contributed by atoms with Crippen molar-refractivity contribution in [2.24, 2.45) is 5.73 Å². The predicted octanol–water partition coefficient (Wildman–Crippen LogP) is 4.63. The van der Waals surface area contributed by atoms with E-state index in [2.05, 4.69) is 10.6 Å². The molecule has 0 aliphatic heterocycles. The second-order valence-electron chi connectivity index (χ2n) is 6.71. The smallest absolute Gasteiger partial charge is 0.305 e. The van der Waals surface area contributed by atoms with Gasteiger partial charge in [0.05, 0.1) is 19.1 Å². The highest BCUT2D eigenvalue weighted by molar-refractivity contribution is 7.09. The lowest BCUT2D eigenvalue weighted by molar-refractivity contribution is -0.140. The van der Waals surface area contributed by atoms with Crippen LogP contribution in [0.25, 0.3) is 11.1 Å². The van der Waals surface area contributed by atoms with Gasteiger partial charge in [-0.3, -0.25) is 9.59 Å². The Hall–Kier alpha value is -2.57. The molecular formula is C22H23ClN2O3S. The molecule has 0 bridgehead atoms. The van der Waals surface area contributed by atoms with Gasteiger partial charge >= 0.3 is 5.97 Å². The normalized spacial score (nSPS) is 10.9. The number of rotatable bonds is 8. The third-order valence-corrected chi connectivity index (χ3v) is 6.15. The highest BCUT2D eigenvalue weighted by Crippen LogP contribution is 2.34. The van der Waals surface area contributed by atoms with E-state index in [1.54, 1.807) is 23.5 Å². The maximum Gasteiger partial charge on any atom is 0.305 e. The van der Waals surface area contributed by atoms with Crippen LogP contribution in [0.4, 0.5) is 0 Å². The number of esters is 1. The summed E-state index contributed by atoms with van der Waals surface area (Å²) in [6, 6.07) is 11.4. The largest absolute Gasteiger partial charge is 0.469 e. The summed E-state index contributed by atoms with van der Waals surface area (Å²) in [5.41, 5.74) is 9.58. The Morgan fingerprint density at radius 2 is 1.90 bits per heavy atom. The van der Waals surface area contributed by atoms with Crippen LogP contribution in [0.2, 0.25) is 5.02 Å². The molecule has 7 heteroatoms. The van der Waals surface area contributed by atoms with Crippen LogP contribution in [0, 0.1) is 6.92 Å². The summed E-state index contributed by atoms with van der Waals surface area (Å²) in [6.07, 6.45) is 1.50. The number of halogens is 1. The van der Waals surface area contributed by atoms with E-state index in [9.17, 15) is 9.59 Å². The zero-order chi connectivity index (χ0) is 21.0. The SMILES string of the molecule is COC(=O)CCc1c(-c2ccc(Cl)cc2)c(C(N)=O)c(C)n1CCc1cccs1. The summed E-state index contributed by atoms with van der Waals surface area (Å²) >= 11 is 7.75. The average molecular weight is 431 g/mol. The lowest BCUT2D eigenvalue weighted by Crippen LogP contribution is -2.13. The van der Waals surface area contributed by atoms with Crippen molar-refractivity contribution in [2.75, 3.05) is 7.11 Å². The first-order valence-corrected chi connectivity index (χ1v) is 10.5. The molecule has 152 valence electrons. The predicted molar refractivity (Wildman–Crippen MR) is 116 cm³/mol. The number of hydrogen-bond acceptors (Lipinski definition) is 4. The van der Waals surface area contributed by atoms with E-state index in [1.165, 1.54) is 12.0 Å². The summed E-state index contributed by atoms with van der Waals surface area (Å²) in [5.74, 6) is -0.780. The van der Waals surface area contributed by atoms with Crippen LogP contribution in [0.1, 0.15) is 33.0 Å². The fourth-order valence-electron chi connectivity index (χ4n) is 3.59. The van der Waals surface area contributed by atoms with Crippen LogP contribution in [-0.2, 0) is 28.9 Å². The van der Waals surface area contributed by atoms with Crippen molar-refractivity contribution in [3.8, 4) is 11.1 Å². The van der Waals surface area contributed by atoms with Crippen molar-refractivity contribution in [3.05, 3.63) is 68.6 Å². The highest BCUT2D eigenvalue weighted by atomic mass is 35.5. The van der Waals surface area contributed by atoms with Crippen LogP contribution < -0.4 is 5.73 Å². The minimum Gasteiger partial charge on any atom is -0.469 e. The molecule has 0 aliphatic carbocycles. The van der Waals surface area contributed by atoms with Gasteiger partial charge in [-0.1, -0.05) is 29.8 Å². The quantitative estimate of drug-likeness (QED) is 0.529. The van der Waals surface area contributed by atoms with Crippen LogP contribution in [-0.4, -0.2) is 23.6 Å². The standard InChI is InChI=1S/C22H23ClN2O3S/c1-14-20(22(24)27)21(15-5-7-16(23)8-6-15)18(9-10-19(26)28-2)25(14)12-11-17-4-3-13-29-17/h3-8,13H,9-12H2,1-2H3,(H2,24,27). The second kappa shape index (κ2) is 9.29. The van der Waals surface area contributed by atoms with Gasteiger partial charge in [-0.25, -0.2) is 0 Å².